The van der Waals surface area contributed by atoms with Crippen LogP contribution in [0.5, 0.6) is 0 Å². The number of carbonyl (C=O) groups excluding carboxylic acids is 2. The van der Waals surface area contributed by atoms with Gasteiger partial charge in [-0.1, -0.05) is 0 Å². The fraction of sp³-hybridized carbons (Fsp3) is 0.895. The molecule has 0 atom stereocenters. The molecule has 0 saturated carbocycles. The molecule has 0 rings (SSSR count). The van der Waals surface area contributed by atoms with Crippen LogP contribution in [-0.4, -0.2) is 104 Å². The van der Waals surface area contributed by atoms with Crippen LogP contribution >= 0.6 is 0 Å². The Bertz CT molecular complexity index is 408. The van der Waals surface area contributed by atoms with Gasteiger partial charge in [-0.2, -0.15) is 0 Å². The van der Waals surface area contributed by atoms with Gasteiger partial charge in [-0.3, -0.25) is 0 Å². The Balaban J connectivity index is 3.15. The standard InChI is InChI=1S/C19H36O10/c1-19(2,3)29-18(21)16-28-14-12-26-10-8-24-6-5-23-7-9-25-11-13-27-15-17(20)22-4/h5-16H2,1-4H3. The summed E-state index contributed by atoms with van der Waals surface area (Å²) in [5.74, 6) is -0.802. The number of carbonyl (C=O) groups is 2. The van der Waals surface area contributed by atoms with Crippen molar-refractivity contribution in [3.63, 3.8) is 0 Å². The van der Waals surface area contributed by atoms with Gasteiger partial charge in [0.15, 0.2) is 0 Å². The van der Waals surface area contributed by atoms with Crippen LogP contribution in [0.3, 0.4) is 0 Å². The lowest BCUT2D eigenvalue weighted by Crippen LogP contribution is -2.27. The molecule has 0 aliphatic carbocycles. The van der Waals surface area contributed by atoms with E-state index in [0.29, 0.717) is 66.1 Å². The minimum Gasteiger partial charge on any atom is -0.467 e. The molecule has 29 heavy (non-hydrogen) atoms. The number of rotatable bonds is 19. The van der Waals surface area contributed by atoms with Crippen LogP contribution < -0.4 is 0 Å². The zero-order chi connectivity index (χ0) is 21.8. The van der Waals surface area contributed by atoms with Crippen molar-refractivity contribution in [2.24, 2.45) is 0 Å². The molecule has 0 bridgehead atoms. The van der Waals surface area contributed by atoms with Crippen molar-refractivity contribution in [3.8, 4) is 0 Å². The zero-order valence-corrected chi connectivity index (χ0v) is 18.1. The van der Waals surface area contributed by atoms with Crippen molar-refractivity contribution in [2.75, 3.05) is 86.4 Å². The molecule has 172 valence electrons. The van der Waals surface area contributed by atoms with Crippen LogP contribution in [0.15, 0.2) is 0 Å². The summed E-state index contributed by atoms with van der Waals surface area (Å²) < 4.78 is 41.0. The van der Waals surface area contributed by atoms with Crippen LogP contribution in [0.2, 0.25) is 0 Å². The third-order valence-electron chi connectivity index (χ3n) is 2.95. The first-order chi connectivity index (χ1) is 13.8. The number of hydrogen-bond donors (Lipinski definition) is 0. The van der Waals surface area contributed by atoms with E-state index >= 15 is 0 Å². The largest absolute Gasteiger partial charge is 0.467 e. The number of esters is 2. The maximum absolute atomic E-state index is 11.4. The van der Waals surface area contributed by atoms with Gasteiger partial charge in [0.2, 0.25) is 0 Å². The second kappa shape index (κ2) is 18.7. The highest BCUT2D eigenvalue weighted by molar-refractivity contribution is 5.71. The minimum atomic E-state index is -0.507. The van der Waals surface area contributed by atoms with Crippen molar-refractivity contribution >= 4 is 11.9 Å². The molecule has 0 unspecified atom stereocenters. The lowest BCUT2D eigenvalue weighted by molar-refractivity contribution is -0.160. The Morgan fingerprint density at radius 2 is 0.862 bits per heavy atom. The molecule has 10 nitrogen and oxygen atoms in total. The maximum Gasteiger partial charge on any atom is 0.332 e. The predicted octanol–water partition coefficient (Wildman–Crippen LogP) is 0.601. The maximum atomic E-state index is 11.4. The molecule has 10 heteroatoms. The van der Waals surface area contributed by atoms with E-state index in [0.717, 1.165) is 0 Å². The topological polar surface area (TPSA) is 108 Å². The van der Waals surface area contributed by atoms with E-state index in [1.165, 1.54) is 7.11 Å². The van der Waals surface area contributed by atoms with Gasteiger partial charge in [0.1, 0.15) is 18.8 Å². The molecule has 0 radical (unpaired) electrons. The first-order valence-electron chi connectivity index (χ1n) is 9.60. The second-order valence-electron chi connectivity index (χ2n) is 6.72. The third-order valence-corrected chi connectivity index (χ3v) is 2.95. The first-order valence-corrected chi connectivity index (χ1v) is 9.60. The highest BCUT2D eigenvalue weighted by Gasteiger charge is 2.15. The highest BCUT2D eigenvalue weighted by atomic mass is 16.6. The predicted molar refractivity (Wildman–Crippen MR) is 103 cm³/mol. The molecule has 0 aromatic rings. The number of hydrogen-bond acceptors (Lipinski definition) is 10. The molecule has 0 aromatic heterocycles. The summed E-state index contributed by atoms with van der Waals surface area (Å²) in [4.78, 5) is 22.2. The van der Waals surface area contributed by atoms with Gasteiger partial charge in [0.25, 0.3) is 0 Å². The summed E-state index contributed by atoms with van der Waals surface area (Å²) in [5, 5.41) is 0. The van der Waals surface area contributed by atoms with E-state index in [-0.39, 0.29) is 13.2 Å². The summed E-state index contributed by atoms with van der Waals surface area (Å²) in [6, 6.07) is 0. The molecule has 0 amide bonds. The van der Waals surface area contributed by atoms with Crippen LogP contribution in [0.25, 0.3) is 0 Å². The van der Waals surface area contributed by atoms with Crippen molar-refractivity contribution in [3.05, 3.63) is 0 Å². The summed E-state index contributed by atoms with van der Waals surface area (Å²) in [6.07, 6.45) is 0. The molecule has 0 fully saturated rings. The van der Waals surface area contributed by atoms with Crippen molar-refractivity contribution in [2.45, 2.75) is 26.4 Å². The third kappa shape index (κ3) is 22.8. The number of methoxy groups -OCH3 is 1. The van der Waals surface area contributed by atoms with Crippen molar-refractivity contribution in [1.82, 2.24) is 0 Å². The van der Waals surface area contributed by atoms with E-state index in [9.17, 15) is 9.59 Å². The van der Waals surface area contributed by atoms with E-state index in [4.69, 9.17) is 33.2 Å². The Hall–Kier alpha value is -1.30. The average molecular weight is 424 g/mol. The molecular weight excluding hydrogens is 388 g/mol. The van der Waals surface area contributed by atoms with Gasteiger partial charge < -0.3 is 37.9 Å². The summed E-state index contributed by atoms with van der Waals surface area (Å²) in [6.45, 7) is 9.35. The van der Waals surface area contributed by atoms with Gasteiger partial charge in [-0.05, 0) is 20.8 Å². The lowest BCUT2D eigenvalue weighted by atomic mass is 10.2. The molecule has 0 aliphatic heterocycles. The fourth-order valence-electron chi connectivity index (χ4n) is 1.74. The molecule has 0 N–H and O–H groups in total. The Kier molecular flexibility index (Phi) is 17.9. The van der Waals surface area contributed by atoms with E-state index in [2.05, 4.69) is 4.74 Å². The molecule has 0 aromatic carbocycles. The first kappa shape index (κ1) is 27.7. The quantitative estimate of drug-likeness (QED) is 0.216. The molecule has 0 aliphatic rings. The van der Waals surface area contributed by atoms with Gasteiger partial charge in [-0.25, -0.2) is 9.59 Å². The number of ether oxygens (including phenoxy) is 8. The summed E-state index contributed by atoms with van der Waals surface area (Å²) in [7, 11) is 1.31. The fourth-order valence-corrected chi connectivity index (χ4v) is 1.74. The molecule has 0 heterocycles. The smallest absolute Gasteiger partial charge is 0.332 e. The van der Waals surface area contributed by atoms with Crippen LogP contribution in [0, 0.1) is 0 Å². The molecular formula is C19H36O10. The minimum absolute atomic E-state index is 0.0729. The Morgan fingerprint density at radius 1 is 0.552 bits per heavy atom. The highest BCUT2D eigenvalue weighted by Crippen LogP contribution is 2.06. The normalized spacial score (nSPS) is 11.4. The van der Waals surface area contributed by atoms with Gasteiger partial charge in [0, 0.05) is 0 Å². The zero-order valence-electron chi connectivity index (χ0n) is 18.1. The van der Waals surface area contributed by atoms with E-state index in [1.54, 1.807) is 20.8 Å². The van der Waals surface area contributed by atoms with Crippen LogP contribution in [0.4, 0.5) is 0 Å². The summed E-state index contributed by atoms with van der Waals surface area (Å²) in [5.41, 5.74) is -0.507. The average Bonchev–Trinajstić information content (AvgIpc) is 2.65. The van der Waals surface area contributed by atoms with Crippen LogP contribution in [-0.2, 0) is 47.5 Å². The van der Waals surface area contributed by atoms with Crippen molar-refractivity contribution < 1.29 is 47.5 Å². The second-order valence-corrected chi connectivity index (χ2v) is 6.72. The van der Waals surface area contributed by atoms with Crippen molar-refractivity contribution in [1.29, 1.82) is 0 Å². The SMILES string of the molecule is COC(=O)COCCOCCOCCOCCOCCOCC(=O)OC(C)(C)C. The van der Waals surface area contributed by atoms with Gasteiger partial charge >= 0.3 is 11.9 Å². The van der Waals surface area contributed by atoms with E-state index < -0.39 is 17.5 Å². The Morgan fingerprint density at radius 3 is 1.17 bits per heavy atom. The summed E-state index contributed by atoms with van der Waals surface area (Å²) >= 11 is 0. The lowest BCUT2D eigenvalue weighted by Gasteiger charge is -2.19. The monoisotopic (exact) mass is 424 g/mol. The molecule has 0 spiro atoms. The van der Waals surface area contributed by atoms with Gasteiger partial charge in [-0.15, -0.1) is 0 Å². The molecule has 0 saturated heterocycles. The van der Waals surface area contributed by atoms with Gasteiger partial charge in [0.05, 0.1) is 73.2 Å². The Labute approximate surface area is 173 Å². The van der Waals surface area contributed by atoms with E-state index in [1.807, 2.05) is 0 Å². The van der Waals surface area contributed by atoms with Crippen LogP contribution in [0.1, 0.15) is 20.8 Å².